The van der Waals surface area contributed by atoms with Crippen molar-refractivity contribution in [1.29, 1.82) is 0 Å². The van der Waals surface area contributed by atoms with Crippen LogP contribution in [0.5, 0.6) is 0 Å². The molecule has 0 aromatic heterocycles. The topological polar surface area (TPSA) is 83.5 Å². The van der Waals surface area contributed by atoms with Gasteiger partial charge in [0.05, 0.1) is 12.3 Å². The molecule has 0 atom stereocenters. The summed E-state index contributed by atoms with van der Waals surface area (Å²) in [7, 11) is -2.44. The molecule has 5 nitrogen and oxygen atoms in total. The van der Waals surface area contributed by atoms with Crippen molar-refractivity contribution in [3.63, 3.8) is 0 Å². The van der Waals surface area contributed by atoms with E-state index in [0.29, 0.717) is 0 Å². The highest BCUT2D eigenvalue weighted by atomic mass is 32.2. The monoisotopic (exact) mass is 167 g/mol. The molecular formula is C4H9NO4S. The molecule has 0 rings (SSSR count). The molecule has 0 spiro atoms. The minimum atomic E-state index is -2.44. The lowest BCUT2D eigenvalue weighted by atomic mass is 10.4. The van der Waals surface area contributed by atoms with Gasteiger partial charge in [0.1, 0.15) is 0 Å². The molecule has 0 unspecified atom stereocenters. The Morgan fingerprint density at radius 2 is 2.10 bits per heavy atom. The van der Waals surface area contributed by atoms with Gasteiger partial charge in [-0.15, -0.1) is 0 Å². The number of thiol groups is 1. The van der Waals surface area contributed by atoms with Crippen LogP contribution in [-0.4, -0.2) is 31.9 Å². The summed E-state index contributed by atoms with van der Waals surface area (Å²) in [5.74, 6) is -1.09. The summed E-state index contributed by atoms with van der Waals surface area (Å²) in [6.45, 7) is 0.193. The summed E-state index contributed by atoms with van der Waals surface area (Å²) in [4.78, 5) is 9.85. The molecule has 10 heavy (non-hydrogen) atoms. The van der Waals surface area contributed by atoms with Crippen molar-refractivity contribution in [3.05, 3.63) is 0 Å². The third kappa shape index (κ3) is 7.38. The van der Waals surface area contributed by atoms with Gasteiger partial charge in [-0.1, -0.05) is 0 Å². The van der Waals surface area contributed by atoms with Crippen LogP contribution in [0.25, 0.3) is 0 Å². The first-order valence-electron chi connectivity index (χ1n) is 2.67. The van der Waals surface area contributed by atoms with E-state index in [2.05, 4.69) is 5.32 Å². The number of rotatable bonds is 5. The third-order valence-corrected chi connectivity index (χ3v) is 1.24. The van der Waals surface area contributed by atoms with Crippen molar-refractivity contribution in [1.82, 2.24) is 5.32 Å². The van der Waals surface area contributed by atoms with Crippen LogP contribution < -0.4 is 5.32 Å². The first-order valence-corrected chi connectivity index (χ1v) is 4.03. The normalized spacial score (nSPS) is 10.1. The van der Waals surface area contributed by atoms with E-state index in [0.717, 1.165) is 0 Å². The molecule has 0 radical (unpaired) electrons. The number of carbonyl (C=O) groups is 1. The van der Waals surface area contributed by atoms with Crippen molar-refractivity contribution in [2.24, 2.45) is 0 Å². The van der Waals surface area contributed by atoms with Crippen LogP contribution in [0, 0.1) is 0 Å². The molecule has 60 valence electrons. The quantitative estimate of drug-likeness (QED) is 0.347. The SMILES string of the molecule is O=C(O)CCNC[SH](=O)=O. The van der Waals surface area contributed by atoms with Gasteiger partial charge in [0.15, 0.2) is 10.7 Å². The fraction of sp³-hybridized carbons (Fsp3) is 0.750. The largest absolute Gasteiger partial charge is 0.481 e. The zero-order chi connectivity index (χ0) is 7.98. The first kappa shape index (κ1) is 9.38. The molecule has 0 bridgehead atoms. The summed E-state index contributed by atoms with van der Waals surface area (Å²) in [6.07, 6.45) is -0.0524. The van der Waals surface area contributed by atoms with Crippen molar-refractivity contribution >= 4 is 16.7 Å². The number of nitrogens with one attached hydrogen (secondary N) is 1. The minimum absolute atomic E-state index is 0.0524. The number of hydrogen-bond acceptors (Lipinski definition) is 4. The molecule has 0 fully saturated rings. The predicted octanol–water partition coefficient (Wildman–Crippen LogP) is -1.38. The van der Waals surface area contributed by atoms with Crippen LogP contribution in [-0.2, 0) is 15.5 Å². The fourth-order valence-corrected chi connectivity index (χ4v) is 0.706. The smallest absolute Gasteiger partial charge is 0.304 e. The molecule has 6 heteroatoms. The Hall–Kier alpha value is -0.620. The van der Waals surface area contributed by atoms with Crippen molar-refractivity contribution in [2.45, 2.75) is 6.42 Å². The summed E-state index contributed by atoms with van der Waals surface area (Å²) < 4.78 is 19.7. The average Bonchev–Trinajstić information content (AvgIpc) is 1.79. The van der Waals surface area contributed by atoms with Gasteiger partial charge < -0.3 is 10.4 Å². The Kier molecular flexibility index (Phi) is 4.87. The van der Waals surface area contributed by atoms with Crippen LogP contribution in [0.1, 0.15) is 6.42 Å². The van der Waals surface area contributed by atoms with Gasteiger partial charge in [-0.25, -0.2) is 8.42 Å². The molecule has 0 saturated carbocycles. The lowest BCUT2D eigenvalue weighted by Crippen LogP contribution is -2.19. The number of carboxylic acids is 1. The second-order valence-corrected chi connectivity index (χ2v) is 2.62. The molecule has 0 aromatic rings. The molecule has 0 heterocycles. The molecule has 2 N–H and O–H groups in total. The van der Waals surface area contributed by atoms with Gasteiger partial charge in [-0.2, -0.15) is 0 Å². The second kappa shape index (κ2) is 5.19. The predicted molar refractivity (Wildman–Crippen MR) is 35.4 cm³/mol. The molecular weight excluding hydrogens is 158 g/mol. The standard InChI is InChI=1S/C4H9NO4S/c6-4(7)1-2-5-3-10(8)9/h5,10H,1-3H2,(H,6,7). The van der Waals surface area contributed by atoms with Gasteiger partial charge in [-0.05, 0) is 0 Å². The first-order chi connectivity index (χ1) is 4.63. The van der Waals surface area contributed by atoms with Gasteiger partial charge >= 0.3 is 5.97 Å². The maximum absolute atomic E-state index is 9.87. The molecule has 0 saturated heterocycles. The summed E-state index contributed by atoms with van der Waals surface area (Å²) in [6, 6.07) is 0. The Morgan fingerprint density at radius 3 is 2.50 bits per heavy atom. The molecule has 0 aliphatic heterocycles. The van der Waals surface area contributed by atoms with Crippen molar-refractivity contribution in [2.75, 3.05) is 12.4 Å². The van der Waals surface area contributed by atoms with Gasteiger partial charge in [-0.3, -0.25) is 4.79 Å². The Morgan fingerprint density at radius 1 is 1.50 bits per heavy atom. The van der Waals surface area contributed by atoms with Gasteiger partial charge in [0, 0.05) is 6.54 Å². The highest BCUT2D eigenvalue weighted by Crippen LogP contribution is 1.73. The van der Waals surface area contributed by atoms with Crippen molar-refractivity contribution < 1.29 is 18.3 Å². The molecule has 0 aromatic carbocycles. The Balaban J connectivity index is 3.13. The zero-order valence-corrected chi connectivity index (χ0v) is 6.13. The second-order valence-electron chi connectivity index (χ2n) is 1.63. The summed E-state index contributed by atoms with van der Waals surface area (Å²) >= 11 is 0. The van der Waals surface area contributed by atoms with Crippen molar-refractivity contribution in [3.8, 4) is 0 Å². The Labute approximate surface area is 60.0 Å². The van der Waals surface area contributed by atoms with Gasteiger partial charge in [0.25, 0.3) is 0 Å². The third-order valence-electron chi connectivity index (χ3n) is 0.757. The lowest BCUT2D eigenvalue weighted by molar-refractivity contribution is -0.136. The molecule has 0 aliphatic rings. The highest BCUT2D eigenvalue weighted by Gasteiger charge is 1.94. The van der Waals surface area contributed by atoms with E-state index in [1.165, 1.54) is 0 Å². The van der Waals surface area contributed by atoms with Crippen LogP contribution in [0.15, 0.2) is 0 Å². The van der Waals surface area contributed by atoms with E-state index in [4.69, 9.17) is 5.11 Å². The maximum atomic E-state index is 9.87. The van der Waals surface area contributed by atoms with Crippen LogP contribution in [0.2, 0.25) is 0 Å². The van der Waals surface area contributed by atoms with Crippen LogP contribution in [0.3, 0.4) is 0 Å². The van der Waals surface area contributed by atoms with E-state index in [-0.39, 0.29) is 18.8 Å². The lowest BCUT2D eigenvalue weighted by Gasteiger charge is -1.94. The minimum Gasteiger partial charge on any atom is -0.481 e. The van der Waals surface area contributed by atoms with E-state index >= 15 is 0 Å². The summed E-state index contributed by atoms with van der Waals surface area (Å²) in [5, 5.41) is 10.5. The van der Waals surface area contributed by atoms with E-state index in [1.807, 2.05) is 0 Å². The fourth-order valence-electron chi connectivity index (χ4n) is 0.366. The average molecular weight is 167 g/mol. The van der Waals surface area contributed by atoms with Crippen LogP contribution in [0.4, 0.5) is 0 Å². The van der Waals surface area contributed by atoms with E-state index in [9.17, 15) is 13.2 Å². The number of carboxylic acid groups (broad SMARTS) is 1. The number of hydrogen-bond donors (Lipinski definition) is 3. The van der Waals surface area contributed by atoms with E-state index in [1.54, 1.807) is 0 Å². The summed E-state index contributed by atoms with van der Waals surface area (Å²) in [5.41, 5.74) is 0. The Bertz CT molecular complexity index is 168. The highest BCUT2D eigenvalue weighted by molar-refractivity contribution is 7.72. The molecule has 0 amide bonds. The van der Waals surface area contributed by atoms with Gasteiger partial charge in [0.2, 0.25) is 0 Å². The van der Waals surface area contributed by atoms with E-state index < -0.39 is 16.7 Å². The number of aliphatic carboxylic acids is 1. The van der Waals surface area contributed by atoms with Crippen LogP contribution >= 0.6 is 0 Å². The zero-order valence-electron chi connectivity index (χ0n) is 5.24. The molecule has 0 aliphatic carbocycles. The maximum Gasteiger partial charge on any atom is 0.304 e.